The van der Waals surface area contributed by atoms with E-state index in [2.05, 4.69) is 15.5 Å². The molecule has 0 amide bonds. The molecule has 2 aromatic heterocycles. The molecule has 0 radical (unpaired) electrons. The molecule has 3 aromatic rings. The van der Waals surface area contributed by atoms with Crippen LogP contribution in [0.4, 0.5) is 5.95 Å². The van der Waals surface area contributed by atoms with Crippen LogP contribution in [-0.4, -0.2) is 31.5 Å². The number of imidazole rings is 1. The second kappa shape index (κ2) is 8.34. The van der Waals surface area contributed by atoms with Gasteiger partial charge in [0.2, 0.25) is 5.95 Å². The van der Waals surface area contributed by atoms with Crippen LogP contribution in [0, 0.1) is 5.92 Å². The molecule has 0 saturated carbocycles. The fraction of sp³-hybridized carbons (Fsp3) is 0.400. The van der Waals surface area contributed by atoms with Gasteiger partial charge in [0.25, 0.3) is 5.56 Å². The molecule has 0 unspecified atom stereocenters. The maximum Gasteiger partial charge on any atom is 0.332 e. The highest BCUT2D eigenvalue weighted by Crippen LogP contribution is 2.18. The van der Waals surface area contributed by atoms with Crippen LogP contribution in [-0.2, 0) is 20.6 Å². The monoisotopic (exact) mass is 398 g/mol. The Kier molecular flexibility index (Phi) is 5.86. The first-order valence-corrected chi connectivity index (χ1v) is 9.51. The van der Waals surface area contributed by atoms with Crippen molar-refractivity contribution < 1.29 is 4.74 Å². The highest BCUT2D eigenvalue weighted by Gasteiger charge is 2.19. The van der Waals surface area contributed by atoms with Crippen LogP contribution in [0.25, 0.3) is 11.2 Å². The SMILES string of the molecule is CCOc1ccc(C=NNc2nc3c(c(=O)n(C)c(=O)n3C)n2CC(C)C)cc1. The summed E-state index contributed by atoms with van der Waals surface area (Å²) >= 11 is 0. The molecule has 0 bridgehead atoms. The van der Waals surface area contributed by atoms with Gasteiger partial charge in [-0.2, -0.15) is 10.1 Å². The summed E-state index contributed by atoms with van der Waals surface area (Å²) in [6, 6.07) is 7.54. The van der Waals surface area contributed by atoms with Gasteiger partial charge in [-0.25, -0.2) is 10.2 Å². The fourth-order valence-electron chi connectivity index (χ4n) is 3.06. The first kappa shape index (κ1) is 20.4. The summed E-state index contributed by atoms with van der Waals surface area (Å²) in [5, 5.41) is 4.26. The molecule has 1 N–H and O–H groups in total. The van der Waals surface area contributed by atoms with Crippen molar-refractivity contribution in [3.8, 4) is 5.75 Å². The van der Waals surface area contributed by atoms with Crippen LogP contribution in [0.5, 0.6) is 5.75 Å². The van der Waals surface area contributed by atoms with Gasteiger partial charge in [0.15, 0.2) is 11.2 Å². The van der Waals surface area contributed by atoms with Crippen LogP contribution < -0.4 is 21.4 Å². The second-order valence-corrected chi connectivity index (χ2v) is 7.19. The van der Waals surface area contributed by atoms with Crippen molar-refractivity contribution in [2.24, 2.45) is 25.1 Å². The normalized spacial score (nSPS) is 11.7. The molecule has 0 spiro atoms. The number of hydrogen-bond acceptors (Lipinski definition) is 6. The molecule has 0 aliphatic heterocycles. The summed E-state index contributed by atoms with van der Waals surface area (Å²) in [7, 11) is 3.07. The van der Waals surface area contributed by atoms with Crippen LogP contribution in [0.15, 0.2) is 39.0 Å². The molecular weight excluding hydrogens is 372 g/mol. The molecule has 0 aliphatic carbocycles. The minimum Gasteiger partial charge on any atom is -0.494 e. The lowest BCUT2D eigenvalue weighted by molar-refractivity contribution is 0.340. The number of nitrogens with zero attached hydrogens (tertiary/aromatic N) is 5. The highest BCUT2D eigenvalue weighted by molar-refractivity contribution is 5.80. The van der Waals surface area contributed by atoms with Gasteiger partial charge in [0.1, 0.15) is 5.75 Å². The smallest absolute Gasteiger partial charge is 0.332 e. The Morgan fingerprint density at radius 2 is 1.86 bits per heavy atom. The average molecular weight is 398 g/mol. The molecule has 29 heavy (non-hydrogen) atoms. The maximum absolute atomic E-state index is 12.7. The molecule has 154 valence electrons. The van der Waals surface area contributed by atoms with E-state index < -0.39 is 5.69 Å². The minimum absolute atomic E-state index is 0.268. The number of ether oxygens (including phenoxy) is 1. The zero-order valence-electron chi connectivity index (χ0n) is 17.3. The third kappa shape index (κ3) is 4.08. The zero-order valence-corrected chi connectivity index (χ0v) is 17.3. The van der Waals surface area contributed by atoms with Crippen LogP contribution in [0.3, 0.4) is 0 Å². The molecule has 0 aliphatic rings. The van der Waals surface area contributed by atoms with Gasteiger partial charge in [-0.1, -0.05) is 13.8 Å². The number of hydrazone groups is 1. The number of aryl methyl sites for hydroxylation is 1. The van der Waals surface area contributed by atoms with Crippen molar-refractivity contribution in [3.05, 3.63) is 50.7 Å². The third-order valence-corrected chi connectivity index (χ3v) is 4.46. The lowest BCUT2D eigenvalue weighted by Gasteiger charge is -2.11. The average Bonchev–Trinajstić information content (AvgIpc) is 3.04. The van der Waals surface area contributed by atoms with Gasteiger partial charge in [-0.3, -0.25) is 13.9 Å². The highest BCUT2D eigenvalue weighted by atomic mass is 16.5. The van der Waals surface area contributed by atoms with Crippen molar-refractivity contribution >= 4 is 23.3 Å². The number of anilines is 1. The van der Waals surface area contributed by atoms with Crippen molar-refractivity contribution in [3.63, 3.8) is 0 Å². The van der Waals surface area contributed by atoms with Crippen LogP contribution in [0.1, 0.15) is 26.3 Å². The molecule has 9 nitrogen and oxygen atoms in total. The van der Waals surface area contributed by atoms with Gasteiger partial charge in [0.05, 0.1) is 12.8 Å². The zero-order chi connectivity index (χ0) is 21.1. The number of nitrogens with one attached hydrogen (secondary N) is 1. The molecule has 3 rings (SSSR count). The van der Waals surface area contributed by atoms with E-state index in [1.165, 1.54) is 11.6 Å². The Bertz CT molecular complexity index is 1150. The van der Waals surface area contributed by atoms with E-state index in [-0.39, 0.29) is 11.5 Å². The number of aromatic nitrogens is 4. The number of benzene rings is 1. The number of fused-ring (bicyclic) bond motifs is 1. The molecule has 1 aromatic carbocycles. The Morgan fingerprint density at radius 3 is 2.48 bits per heavy atom. The number of rotatable bonds is 7. The van der Waals surface area contributed by atoms with E-state index in [0.717, 1.165) is 15.9 Å². The molecule has 0 saturated heterocycles. The standard InChI is InChI=1S/C20H26N6O3/c1-6-29-15-9-7-14(8-10-15)11-21-23-19-22-17-16(26(19)12-13(2)3)18(27)25(5)20(28)24(17)4/h7-11,13H,6,12H2,1-5H3,(H,22,23). The predicted molar refractivity (Wildman–Crippen MR) is 114 cm³/mol. The van der Waals surface area contributed by atoms with Gasteiger partial charge >= 0.3 is 5.69 Å². The largest absolute Gasteiger partial charge is 0.494 e. The van der Waals surface area contributed by atoms with Crippen LogP contribution in [0.2, 0.25) is 0 Å². The van der Waals surface area contributed by atoms with Gasteiger partial charge in [-0.15, -0.1) is 0 Å². The first-order chi connectivity index (χ1) is 13.8. The lowest BCUT2D eigenvalue weighted by atomic mass is 10.2. The van der Waals surface area contributed by atoms with E-state index in [1.54, 1.807) is 17.8 Å². The van der Waals surface area contributed by atoms with Gasteiger partial charge in [0, 0.05) is 20.6 Å². The van der Waals surface area contributed by atoms with Crippen molar-refractivity contribution in [2.75, 3.05) is 12.0 Å². The molecule has 9 heteroatoms. The van der Waals surface area contributed by atoms with Gasteiger partial charge in [-0.05, 0) is 42.7 Å². The summed E-state index contributed by atoms with van der Waals surface area (Å²) in [5.74, 6) is 1.48. The lowest BCUT2D eigenvalue weighted by Crippen LogP contribution is -2.37. The maximum atomic E-state index is 12.7. The summed E-state index contributed by atoms with van der Waals surface area (Å²) in [5.41, 5.74) is 3.72. The first-order valence-electron chi connectivity index (χ1n) is 9.51. The van der Waals surface area contributed by atoms with E-state index >= 15 is 0 Å². The second-order valence-electron chi connectivity index (χ2n) is 7.19. The van der Waals surface area contributed by atoms with Crippen LogP contribution >= 0.6 is 0 Å². The Hall–Kier alpha value is -3.36. The quantitative estimate of drug-likeness (QED) is 0.485. The number of hydrogen-bond donors (Lipinski definition) is 1. The summed E-state index contributed by atoms with van der Waals surface area (Å²) in [4.78, 5) is 29.4. The van der Waals surface area contributed by atoms with E-state index in [0.29, 0.717) is 30.3 Å². The fourth-order valence-corrected chi connectivity index (χ4v) is 3.06. The summed E-state index contributed by atoms with van der Waals surface area (Å²) < 4.78 is 9.67. The Balaban J connectivity index is 1.98. The third-order valence-electron chi connectivity index (χ3n) is 4.46. The van der Waals surface area contributed by atoms with Gasteiger partial charge < -0.3 is 9.30 Å². The van der Waals surface area contributed by atoms with E-state index in [9.17, 15) is 9.59 Å². The van der Waals surface area contributed by atoms with Crippen molar-refractivity contribution in [1.82, 2.24) is 18.7 Å². The van der Waals surface area contributed by atoms with Crippen molar-refractivity contribution in [2.45, 2.75) is 27.3 Å². The topological polar surface area (TPSA) is 95.4 Å². The van der Waals surface area contributed by atoms with E-state index in [1.807, 2.05) is 45.0 Å². The molecule has 0 fully saturated rings. The summed E-state index contributed by atoms with van der Waals surface area (Å²) in [6.07, 6.45) is 1.66. The van der Waals surface area contributed by atoms with Crippen molar-refractivity contribution in [1.29, 1.82) is 0 Å². The molecule has 2 heterocycles. The summed E-state index contributed by atoms with van der Waals surface area (Å²) in [6.45, 7) is 7.20. The Labute approximate surface area is 168 Å². The molecular formula is C20H26N6O3. The van der Waals surface area contributed by atoms with E-state index in [4.69, 9.17) is 4.74 Å². The minimum atomic E-state index is -0.416. The molecule has 0 atom stereocenters. The Morgan fingerprint density at radius 1 is 1.17 bits per heavy atom. The predicted octanol–water partition coefficient (Wildman–Crippen LogP) is 1.93.